The van der Waals surface area contributed by atoms with Crippen molar-refractivity contribution >= 4 is 16.9 Å². The summed E-state index contributed by atoms with van der Waals surface area (Å²) in [5, 5.41) is 3.50. The molecule has 0 bridgehead atoms. The molecule has 1 saturated heterocycles. The van der Waals surface area contributed by atoms with Crippen molar-refractivity contribution in [3.8, 4) is 0 Å². The Bertz CT molecular complexity index is 1190. The minimum Gasteiger partial charge on any atom is -0.450 e. The Morgan fingerprint density at radius 2 is 1.70 bits per heavy atom. The fraction of sp³-hybridized carbons (Fsp3) is 0.407. The molecule has 2 aromatic carbocycles. The van der Waals surface area contributed by atoms with E-state index in [4.69, 9.17) is 9.15 Å². The zero-order valence-electron chi connectivity index (χ0n) is 19.8. The van der Waals surface area contributed by atoms with Crippen LogP contribution in [0.2, 0.25) is 0 Å². The standard InChI is InChI=1S/C27H32N2O4/c1-17(2)20-6-8-21(9-7-20)23(29-11-13-32-14-12-29)16-28-27(31)25-15-24(30)22-10-5-18(3)19(4)26(22)33-25/h5-10,15,17,23H,11-14,16H2,1-4H3,(H,28,31)/t23-/m1/s1. The number of amides is 1. The summed E-state index contributed by atoms with van der Waals surface area (Å²) >= 11 is 0. The number of fused-ring (bicyclic) bond motifs is 1. The lowest BCUT2D eigenvalue weighted by Crippen LogP contribution is -2.43. The van der Waals surface area contributed by atoms with Crippen LogP contribution in [0.15, 0.2) is 51.7 Å². The third-order valence-electron chi connectivity index (χ3n) is 6.57. The summed E-state index contributed by atoms with van der Waals surface area (Å²) in [5.41, 5.74) is 4.58. The molecule has 1 aliphatic rings. The second kappa shape index (κ2) is 9.89. The van der Waals surface area contributed by atoms with Crippen LogP contribution in [0.5, 0.6) is 0 Å². The molecule has 4 rings (SSSR count). The lowest BCUT2D eigenvalue weighted by atomic mass is 9.98. The zero-order valence-corrected chi connectivity index (χ0v) is 19.8. The number of rotatable bonds is 6. The summed E-state index contributed by atoms with van der Waals surface area (Å²) in [7, 11) is 0. The average Bonchev–Trinajstić information content (AvgIpc) is 2.82. The monoisotopic (exact) mass is 448 g/mol. The van der Waals surface area contributed by atoms with Gasteiger partial charge in [0.15, 0.2) is 11.2 Å². The fourth-order valence-corrected chi connectivity index (χ4v) is 4.29. The number of hydrogen-bond donors (Lipinski definition) is 1. The fourth-order valence-electron chi connectivity index (χ4n) is 4.29. The van der Waals surface area contributed by atoms with Crippen molar-refractivity contribution in [1.29, 1.82) is 0 Å². The molecule has 3 aromatic rings. The molecule has 174 valence electrons. The topological polar surface area (TPSA) is 71.8 Å². The van der Waals surface area contributed by atoms with Crippen molar-refractivity contribution < 1.29 is 13.9 Å². The first kappa shape index (κ1) is 23.2. The molecular weight excluding hydrogens is 416 g/mol. The largest absolute Gasteiger partial charge is 0.450 e. The molecule has 0 radical (unpaired) electrons. The number of nitrogens with one attached hydrogen (secondary N) is 1. The van der Waals surface area contributed by atoms with Gasteiger partial charge in [0.05, 0.1) is 24.6 Å². The summed E-state index contributed by atoms with van der Waals surface area (Å²) in [4.78, 5) is 27.9. The molecule has 1 atom stereocenters. The first-order valence-electron chi connectivity index (χ1n) is 11.6. The molecule has 0 unspecified atom stereocenters. The van der Waals surface area contributed by atoms with E-state index in [9.17, 15) is 9.59 Å². The maximum Gasteiger partial charge on any atom is 0.287 e. The molecule has 0 spiro atoms. The maximum absolute atomic E-state index is 13.0. The van der Waals surface area contributed by atoms with Gasteiger partial charge in [-0.3, -0.25) is 14.5 Å². The van der Waals surface area contributed by atoms with Crippen molar-refractivity contribution in [1.82, 2.24) is 10.2 Å². The van der Waals surface area contributed by atoms with Gasteiger partial charge in [0.25, 0.3) is 5.91 Å². The number of ether oxygens (including phenoxy) is 1. The molecule has 33 heavy (non-hydrogen) atoms. The summed E-state index contributed by atoms with van der Waals surface area (Å²) in [6.07, 6.45) is 0. The highest BCUT2D eigenvalue weighted by Gasteiger charge is 2.24. The Kier molecular flexibility index (Phi) is 6.96. The molecular formula is C27H32N2O4. The van der Waals surface area contributed by atoms with Gasteiger partial charge in [0.1, 0.15) is 5.58 Å². The van der Waals surface area contributed by atoms with Crippen molar-refractivity contribution in [2.24, 2.45) is 0 Å². The normalized spacial score (nSPS) is 15.7. The van der Waals surface area contributed by atoms with E-state index in [2.05, 4.69) is 48.3 Å². The van der Waals surface area contributed by atoms with Crippen molar-refractivity contribution in [2.45, 2.75) is 39.7 Å². The van der Waals surface area contributed by atoms with Crippen LogP contribution in [0, 0.1) is 13.8 Å². The molecule has 6 nitrogen and oxygen atoms in total. The van der Waals surface area contributed by atoms with Gasteiger partial charge in [-0.2, -0.15) is 0 Å². The number of carbonyl (C=O) groups excluding carboxylic acids is 1. The minimum atomic E-state index is -0.382. The van der Waals surface area contributed by atoms with E-state index < -0.39 is 0 Å². The molecule has 1 aliphatic heterocycles. The summed E-state index contributed by atoms with van der Waals surface area (Å²) in [6, 6.07) is 13.5. The lowest BCUT2D eigenvalue weighted by molar-refractivity contribution is 0.0161. The Hall–Kier alpha value is -2.96. The van der Waals surface area contributed by atoms with Crippen LogP contribution in [0.3, 0.4) is 0 Å². The van der Waals surface area contributed by atoms with Gasteiger partial charge in [-0.25, -0.2) is 0 Å². The lowest BCUT2D eigenvalue weighted by Gasteiger charge is -2.35. The number of hydrogen-bond acceptors (Lipinski definition) is 5. The number of morpholine rings is 1. The summed E-state index contributed by atoms with van der Waals surface area (Å²) < 4.78 is 11.4. The van der Waals surface area contributed by atoms with Gasteiger partial charge >= 0.3 is 0 Å². The van der Waals surface area contributed by atoms with E-state index in [1.165, 1.54) is 11.6 Å². The number of benzene rings is 2. The van der Waals surface area contributed by atoms with Crippen LogP contribution in [-0.2, 0) is 4.74 Å². The predicted octanol–water partition coefficient (Wildman–Crippen LogP) is 4.34. The smallest absolute Gasteiger partial charge is 0.287 e. The van der Waals surface area contributed by atoms with E-state index >= 15 is 0 Å². The van der Waals surface area contributed by atoms with Crippen LogP contribution in [0.4, 0.5) is 0 Å². The molecule has 0 saturated carbocycles. The Balaban J connectivity index is 1.57. The molecule has 0 aliphatic carbocycles. The quantitative estimate of drug-likeness (QED) is 0.608. The molecule has 1 N–H and O–H groups in total. The van der Waals surface area contributed by atoms with Gasteiger partial charge in [0.2, 0.25) is 0 Å². The van der Waals surface area contributed by atoms with Crippen LogP contribution in [0.25, 0.3) is 11.0 Å². The van der Waals surface area contributed by atoms with E-state index in [1.54, 1.807) is 6.07 Å². The Morgan fingerprint density at radius 3 is 2.36 bits per heavy atom. The van der Waals surface area contributed by atoms with Crippen LogP contribution >= 0.6 is 0 Å². The zero-order chi connectivity index (χ0) is 23.5. The van der Waals surface area contributed by atoms with Gasteiger partial charge < -0.3 is 14.5 Å². The van der Waals surface area contributed by atoms with E-state index in [-0.39, 0.29) is 23.1 Å². The highest BCUT2D eigenvalue weighted by atomic mass is 16.5. The second-order valence-corrected chi connectivity index (χ2v) is 9.05. The summed E-state index contributed by atoms with van der Waals surface area (Å²) in [6.45, 7) is 11.6. The number of carbonyl (C=O) groups is 1. The average molecular weight is 449 g/mol. The first-order chi connectivity index (χ1) is 15.8. The highest BCUT2D eigenvalue weighted by Crippen LogP contribution is 2.25. The molecule has 6 heteroatoms. The maximum atomic E-state index is 13.0. The minimum absolute atomic E-state index is 0.00946. The third kappa shape index (κ3) is 5.02. The van der Waals surface area contributed by atoms with E-state index in [0.717, 1.165) is 29.8 Å². The van der Waals surface area contributed by atoms with Crippen LogP contribution in [0.1, 0.15) is 58.6 Å². The van der Waals surface area contributed by atoms with Crippen molar-refractivity contribution in [3.63, 3.8) is 0 Å². The predicted molar refractivity (Wildman–Crippen MR) is 130 cm³/mol. The Morgan fingerprint density at radius 1 is 1.03 bits per heavy atom. The van der Waals surface area contributed by atoms with Crippen molar-refractivity contribution in [2.75, 3.05) is 32.8 Å². The molecule has 2 heterocycles. The highest BCUT2D eigenvalue weighted by molar-refractivity contribution is 5.93. The number of nitrogens with zero attached hydrogens (tertiary/aromatic N) is 1. The Labute approximate surface area is 194 Å². The molecule has 1 fully saturated rings. The summed E-state index contributed by atoms with van der Waals surface area (Å²) in [5.74, 6) is 0.118. The third-order valence-corrected chi connectivity index (χ3v) is 6.57. The van der Waals surface area contributed by atoms with E-state index in [0.29, 0.717) is 36.6 Å². The van der Waals surface area contributed by atoms with Crippen LogP contribution < -0.4 is 10.7 Å². The first-order valence-corrected chi connectivity index (χ1v) is 11.6. The van der Waals surface area contributed by atoms with Gasteiger partial charge in [-0.15, -0.1) is 0 Å². The second-order valence-electron chi connectivity index (χ2n) is 9.05. The van der Waals surface area contributed by atoms with Gasteiger partial charge in [-0.05, 0) is 48.1 Å². The molecule has 1 amide bonds. The van der Waals surface area contributed by atoms with Crippen molar-refractivity contribution in [3.05, 3.63) is 80.7 Å². The molecule has 1 aromatic heterocycles. The SMILES string of the molecule is Cc1ccc2c(=O)cc(C(=O)NC[C@H](c3ccc(C(C)C)cc3)N3CCOCC3)oc2c1C. The number of aryl methyl sites for hydroxylation is 2. The van der Waals surface area contributed by atoms with Gasteiger partial charge in [-0.1, -0.05) is 44.2 Å². The van der Waals surface area contributed by atoms with Gasteiger partial charge in [0, 0.05) is 25.7 Å². The van der Waals surface area contributed by atoms with E-state index in [1.807, 2.05) is 19.9 Å². The van der Waals surface area contributed by atoms with Crippen LogP contribution in [-0.4, -0.2) is 43.7 Å².